The summed E-state index contributed by atoms with van der Waals surface area (Å²) < 4.78 is 0. The molecule has 0 radical (unpaired) electrons. The molecule has 1 aromatic heterocycles. The molecule has 0 amide bonds. The van der Waals surface area contributed by atoms with E-state index in [1.165, 1.54) is 4.88 Å². The Labute approximate surface area is 93.0 Å². The van der Waals surface area contributed by atoms with Gasteiger partial charge in [0.15, 0.2) is 6.19 Å². The van der Waals surface area contributed by atoms with E-state index in [9.17, 15) is 0 Å². The zero-order valence-corrected chi connectivity index (χ0v) is 8.95. The second kappa shape index (κ2) is 4.63. The van der Waals surface area contributed by atoms with E-state index in [1.54, 1.807) is 16.2 Å². The summed E-state index contributed by atoms with van der Waals surface area (Å²) in [6.45, 7) is 0.651. The second-order valence-corrected chi connectivity index (χ2v) is 4.13. The minimum Gasteiger partial charge on any atom is -0.274 e. The van der Waals surface area contributed by atoms with E-state index >= 15 is 0 Å². The molecule has 0 saturated carbocycles. The third-order valence-electron chi connectivity index (χ3n) is 2.08. The summed E-state index contributed by atoms with van der Waals surface area (Å²) in [4.78, 5) is 2.88. The van der Waals surface area contributed by atoms with Crippen LogP contribution in [0.15, 0.2) is 47.8 Å². The molecule has 0 spiro atoms. The molecule has 0 aliphatic rings. The van der Waals surface area contributed by atoms with Gasteiger partial charge in [0, 0.05) is 4.88 Å². The minimum absolute atomic E-state index is 0.651. The van der Waals surface area contributed by atoms with Crippen molar-refractivity contribution in [2.45, 2.75) is 6.54 Å². The standard InChI is InChI=1S/C12H10N2S/c13-10-14(9-12-7-4-8-15-12)11-5-2-1-3-6-11/h1-8H,9H2. The lowest BCUT2D eigenvalue weighted by atomic mass is 10.3. The van der Waals surface area contributed by atoms with Gasteiger partial charge in [-0.05, 0) is 23.6 Å². The summed E-state index contributed by atoms with van der Waals surface area (Å²) in [5, 5.41) is 11.1. The maximum Gasteiger partial charge on any atom is 0.184 e. The van der Waals surface area contributed by atoms with Gasteiger partial charge in [-0.25, -0.2) is 0 Å². The van der Waals surface area contributed by atoms with Crippen LogP contribution in [0, 0.1) is 11.5 Å². The molecular formula is C12H10N2S. The topological polar surface area (TPSA) is 27.0 Å². The average Bonchev–Trinajstić information content (AvgIpc) is 2.80. The van der Waals surface area contributed by atoms with Crippen molar-refractivity contribution in [3.8, 4) is 6.19 Å². The Hall–Kier alpha value is -1.79. The van der Waals surface area contributed by atoms with Gasteiger partial charge in [0.2, 0.25) is 0 Å². The zero-order valence-electron chi connectivity index (χ0n) is 8.13. The third-order valence-corrected chi connectivity index (χ3v) is 2.94. The number of rotatable bonds is 3. The van der Waals surface area contributed by atoms with Crippen molar-refractivity contribution < 1.29 is 0 Å². The fourth-order valence-electron chi connectivity index (χ4n) is 1.35. The van der Waals surface area contributed by atoms with Crippen LogP contribution in [0.2, 0.25) is 0 Å². The predicted molar refractivity (Wildman–Crippen MR) is 62.6 cm³/mol. The number of nitrogens with zero attached hydrogens (tertiary/aromatic N) is 2. The monoisotopic (exact) mass is 214 g/mol. The fraction of sp³-hybridized carbons (Fsp3) is 0.0833. The first-order chi connectivity index (χ1) is 7.40. The predicted octanol–water partition coefficient (Wildman–Crippen LogP) is 3.24. The number of hydrogen-bond acceptors (Lipinski definition) is 3. The summed E-state index contributed by atoms with van der Waals surface area (Å²) in [5.74, 6) is 0. The molecule has 74 valence electrons. The molecule has 2 aromatic rings. The summed E-state index contributed by atoms with van der Waals surface area (Å²) >= 11 is 1.67. The fourth-order valence-corrected chi connectivity index (χ4v) is 2.04. The number of thiophene rings is 1. The van der Waals surface area contributed by atoms with Gasteiger partial charge in [-0.1, -0.05) is 24.3 Å². The van der Waals surface area contributed by atoms with E-state index in [4.69, 9.17) is 5.26 Å². The first kappa shape index (κ1) is 9.75. The van der Waals surface area contributed by atoms with Gasteiger partial charge in [-0.15, -0.1) is 11.3 Å². The van der Waals surface area contributed by atoms with Crippen molar-refractivity contribution in [2.75, 3.05) is 4.90 Å². The van der Waals surface area contributed by atoms with E-state index in [-0.39, 0.29) is 0 Å². The number of anilines is 1. The molecule has 0 bridgehead atoms. The van der Waals surface area contributed by atoms with Crippen molar-refractivity contribution in [1.82, 2.24) is 0 Å². The largest absolute Gasteiger partial charge is 0.274 e. The highest BCUT2D eigenvalue weighted by atomic mass is 32.1. The van der Waals surface area contributed by atoms with E-state index in [1.807, 2.05) is 47.8 Å². The van der Waals surface area contributed by atoms with Gasteiger partial charge in [0.1, 0.15) is 0 Å². The van der Waals surface area contributed by atoms with Crippen molar-refractivity contribution in [3.05, 3.63) is 52.7 Å². The molecule has 0 fully saturated rings. The molecule has 0 aliphatic heterocycles. The number of para-hydroxylation sites is 1. The van der Waals surface area contributed by atoms with Gasteiger partial charge in [-0.2, -0.15) is 5.26 Å². The van der Waals surface area contributed by atoms with Gasteiger partial charge in [0.05, 0.1) is 12.2 Å². The molecule has 0 saturated heterocycles. The Morgan fingerprint density at radius 2 is 1.93 bits per heavy atom. The Balaban J connectivity index is 2.16. The van der Waals surface area contributed by atoms with Crippen molar-refractivity contribution >= 4 is 17.0 Å². The average molecular weight is 214 g/mol. The maximum absolute atomic E-state index is 9.06. The smallest absolute Gasteiger partial charge is 0.184 e. The Bertz CT molecular complexity index is 442. The molecule has 0 atom stereocenters. The summed E-state index contributed by atoms with van der Waals surface area (Å²) in [7, 11) is 0. The second-order valence-electron chi connectivity index (χ2n) is 3.10. The van der Waals surface area contributed by atoms with E-state index in [2.05, 4.69) is 6.19 Å². The Morgan fingerprint density at radius 1 is 1.13 bits per heavy atom. The van der Waals surface area contributed by atoms with Crippen molar-refractivity contribution in [3.63, 3.8) is 0 Å². The molecule has 2 nitrogen and oxygen atoms in total. The molecule has 15 heavy (non-hydrogen) atoms. The van der Waals surface area contributed by atoms with Crippen LogP contribution in [-0.4, -0.2) is 0 Å². The first-order valence-electron chi connectivity index (χ1n) is 4.65. The summed E-state index contributed by atoms with van der Waals surface area (Å²) in [5.41, 5.74) is 0.938. The zero-order chi connectivity index (χ0) is 10.5. The van der Waals surface area contributed by atoms with Crippen LogP contribution in [0.5, 0.6) is 0 Å². The third kappa shape index (κ3) is 2.36. The highest BCUT2D eigenvalue weighted by molar-refractivity contribution is 7.09. The van der Waals surface area contributed by atoms with Gasteiger partial charge in [-0.3, -0.25) is 4.90 Å². The Kier molecular flexibility index (Phi) is 3.01. The molecule has 0 unspecified atom stereocenters. The van der Waals surface area contributed by atoms with Crippen molar-refractivity contribution in [2.24, 2.45) is 0 Å². The lowest BCUT2D eigenvalue weighted by Gasteiger charge is -2.13. The molecule has 0 aliphatic carbocycles. The minimum atomic E-state index is 0.651. The van der Waals surface area contributed by atoms with E-state index in [0.717, 1.165) is 5.69 Å². The molecule has 2 rings (SSSR count). The molecule has 1 aromatic carbocycles. The molecule has 1 heterocycles. The van der Waals surface area contributed by atoms with Crippen LogP contribution in [0.4, 0.5) is 5.69 Å². The van der Waals surface area contributed by atoms with Crippen LogP contribution >= 0.6 is 11.3 Å². The van der Waals surface area contributed by atoms with E-state index in [0.29, 0.717) is 6.54 Å². The van der Waals surface area contributed by atoms with Gasteiger partial charge in [0.25, 0.3) is 0 Å². The normalized spacial score (nSPS) is 9.53. The SMILES string of the molecule is N#CN(Cc1cccs1)c1ccccc1. The maximum atomic E-state index is 9.06. The van der Waals surface area contributed by atoms with Crippen LogP contribution in [0.3, 0.4) is 0 Å². The van der Waals surface area contributed by atoms with Crippen LogP contribution in [0.1, 0.15) is 4.88 Å². The van der Waals surface area contributed by atoms with Crippen LogP contribution in [0.25, 0.3) is 0 Å². The van der Waals surface area contributed by atoms with E-state index < -0.39 is 0 Å². The molecule has 0 N–H and O–H groups in total. The quantitative estimate of drug-likeness (QED) is 0.579. The Morgan fingerprint density at radius 3 is 2.53 bits per heavy atom. The van der Waals surface area contributed by atoms with Crippen molar-refractivity contribution in [1.29, 1.82) is 5.26 Å². The summed E-state index contributed by atoms with van der Waals surface area (Å²) in [6.07, 6.45) is 2.20. The van der Waals surface area contributed by atoms with Crippen LogP contribution < -0.4 is 4.90 Å². The molecular weight excluding hydrogens is 204 g/mol. The van der Waals surface area contributed by atoms with Gasteiger partial charge < -0.3 is 0 Å². The number of nitriles is 1. The lowest BCUT2D eigenvalue weighted by Crippen LogP contribution is -2.14. The highest BCUT2D eigenvalue weighted by Gasteiger charge is 2.05. The van der Waals surface area contributed by atoms with Gasteiger partial charge >= 0.3 is 0 Å². The first-order valence-corrected chi connectivity index (χ1v) is 5.53. The van der Waals surface area contributed by atoms with Crippen LogP contribution in [-0.2, 0) is 6.54 Å². The molecule has 3 heteroatoms. The number of benzene rings is 1. The summed E-state index contributed by atoms with van der Waals surface area (Å²) in [6, 6.07) is 13.7. The number of hydrogen-bond donors (Lipinski definition) is 0. The lowest BCUT2D eigenvalue weighted by molar-refractivity contribution is 0.999. The highest BCUT2D eigenvalue weighted by Crippen LogP contribution is 2.18.